The normalized spacial score (nSPS) is 11.9. The molecular weight excluding hydrogens is 556 g/mol. The van der Waals surface area contributed by atoms with Gasteiger partial charge in [-0.05, 0) is 57.9 Å². The minimum Gasteiger partial charge on any atom is -0.309 e. The first-order valence-corrected chi connectivity index (χ1v) is 15.9. The quantitative estimate of drug-likeness (QED) is 0.195. The number of hydrogen-bond donors (Lipinski definition) is 0. The summed E-state index contributed by atoms with van der Waals surface area (Å²) in [6.45, 7) is 0. The average Bonchev–Trinajstić information content (AvgIpc) is 3.65. The van der Waals surface area contributed by atoms with Crippen LogP contribution in [0.5, 0.6) is 0 Å². The summed E-state index contributed by atoms with van der Waals surface area (Å²) in [7, 11) is 0. The van der Waals surface area contributed by atoms with Crippen molar-refractivity contribution < 1.29 is 0 Å². The second-order valence-electron chi connectivity index (χ2n) is 12.2. The molecule has 0 aliphatic heterocycles. The maximum atomic E-state index is 2.47. The predicted molar refractivity (Wildman–Crippen MR) is 196 cm³/mol. The van der Waals surface area contributed by atoms with Crippen molar-refractivity contribution in [1.29, 1.82) is 0 Å². The van der Waals surface area contributed by atoms with Crippen molar-refractivity contribution in [3.8, 4) is 22.5 Å². The van der Waals surface area contributed by atoms with Crippen LogP contribution in [0.15, 0.2) is 170 Å². The third-order valence-corrected chi connectivity index (χ3v) is 9.66. The molecule has 46 heavy (non-hydrogen) atoms. The van der Waals surface area contributed by atoms with E-state index in [1.165, 1.54) is 87.7 Å². The summed E-state index contributed by atoms with van der Waals surface area (Å²) in [4.78, 5) is 0. The van der Waals surface area contributed by atoms with Gasteiger partial charge in [-0.1, -0.05) is 133 Å². The van der Waals surface area contributed by atoms with Gasteiger partial charge in [0.15, 0.2) is 0 Å². The monoisotopic (exact) mass is 584 g/mol. The molecule has 0 spiro atoms. The molecule has 8 aromatic carbocycles. The van der Waals surface area contributed by atoms with E-state index in [0.29, 0.717) is 0 Å². The summed E-state index contributed by atoms with van der Waals surface area (Å²) in [5.41, 5.74) is 9.64. The molecule has 2 aromatic heterocycles. The van der Waals surface area contributed by atoms with Gasteiger partial charge in [-0.2, -0.15) is 0 Å². The molecule has 0 amide bonds. The molecule has 0 atom stereocenters. The molecule has 10 rings (SSSR count). The van der Waals surface area contributed by atoms with E-state index in [2.05, 4.69) is 179 Å². The Morgan fingerprint density at radius 2 is 0.674 bits per heavy atom. The summed E-state index contributed by atoms with van der Waals surface area (Å²) in [6.07, 6.45) is 0. The van der Waals surface area contributed by atoms with Crippen LogP contribution in [-0.4, -0.2) is 9.13 Å². The summed E-state index contributed by atoms with van der Waals surface area (Å²) < 4.78 is 4.93. The minimum absolute atomic E-state index is 1.17. The molecule has 0 radical (unpaired) electrons. The van der Waals surface area contributed by atoms with E-state index >= 15 is 0 Å². The lowest BCUT2D eigenvalue weighted by molar-refractivity contribution is 1.18. The Morgan fingerprint density at radius 1 is 0.283 bits per heavy atom. The number of nitrogens with zero attached hydrogens (tertiary/aromatic N) is 2. The third kappa shape index (κ3) is 3.59. The third-order valence-electron chi connectivity index (χ3n) is 9.66. The maximum Gasteiger partial charge on any atom is 0.0620 e. The smallest absolute Gasteiger partial charge is 0.0620 e. The van der Waals surface area contributed by atoms with E-state index in [1.54, 1.807) is 0 Å². The van der Waals surface area contributed by atoms with Crippen molar-refractivity contribution in [3.05, 3.63) is 170 Å². The van der Waals surface area contributed by atoms with E-state index in [-0.39, 0.29) is 0 Å². The van der Waals surface area contributed by atoms with Gasteiger partial charge < -0.3 is 9.13 Å². The Kier molecular flexibility index (Phi) is 5.31. The fraction of sp³-hybridized carbons (Fsp3) is 0. The van der Waals surface area contributed by atoms with Crippen LogP contribution in [0.1, 0.15) is 0 Å². The molecule has 214 valence electrons. The number of para-hydroxylation sites is 4. The summed E-state index contributed by atoms with van der Waals surface area (Å²) >= 11 is 0. The number of hydrogen-bond acceptors (Lipinski definition) is 0. The molecule has 0 fully saturated rings. The van der Waals surface area contributed by atoms with E-state index in [0.717, 1.165) is 0 Å². The topological polar surface area (TPSA) is 9.86 Å². The highest BCUT2D eigenvalue weighted by Crippen LogP contribution is 2.43. The van der Waals surface area contributed by atoms with Crippen LogP contribution in [-0.2, 0) is 0 Å². The van der Waals surface area contributed by atoms with Crippen molar-refractivity contribution in [2.45, 2.75) is 0 Å². The molecule has 0 aliphatic carbocycles. The molecule has 0 saturated carbocycles. The standard InChI is InChI=1S/C44H28N2/c1-3-13-31-27-33(25-23-29(31)11-1)45-41-21-7-5-15-35(41)37-17-9-19-39(43(37)45)40-20-10-18-38-36-16-6-8-22-42(36)46(44(38)40)34-26-24-30-12-2-4-14-32(30)28-34/h1-28H. The Hall–Kier alpha value is -6.12. The molecule has 0 N–H and O–H groups in total. The fourth-order valence-electron chi connectivity index (χ4n) is 7.64. The SMILES string of the molecule is c1ccc2cc(-n3c4ccccc4c4cccc(-c5cccc6c7ccccc7n(-c7ccc8ccccc8c7)c56)c43)ccc2c1. The summed E-state index contributed by atoms with van der Waals surface area (Å²) in [6, 6.07) is 62.1. The molecule has 10 aromatic rings. The molecule has 0 aliphatic rings. The first-order valence-electron chi connectivity index (χ1n) is 15.9. The highest BCUT2D eigenvalue weighted by atomic mass is 15.0. The van der Waals surface area contributed by atoms with Crippen LogP contribution < -0.4 is 0 Å². The molecular formula is C44H28N2. The molecule has 0 unspecified atom stereocenters. The largest absolute Gasteiger partial charge is 0.309 e. The van der Waals surface area contributed by atoms with Gasteiger partial charge in [0, 0.05) is 44.0 Å². The second kappa shape index (κ2) is 9.69. The van der Waals surface area contributed by atoms with Crippen molar-refractivity contribution >= 4 is 65.2 Å². The lowest BCUT2D eigenvalue weighted by Crippen LogP contribution is -1.98. The molecule has 0 bridgehead atoms. The van der Waals surface area contributed by atoms with Gasteiger partial charge in [0.1, 0.15) is 0 Å². The van der Waals surface area contributed by atoms with Gasteiger partial charge in [-0.15, -0.1) is 0 Å². The van der Waals surface area contributed by atoms with Gasteiger partial charge >= 0.3 is 0 Å². The maximum absolute atomic E-state index is 2.47. The van der Waals surface area contributed by atoms with Crippen LogP contribution in [0.3, 0.4) is 0 Å². The number of benzene rings is 8. The second-order valence-corrected chi connectivity index (χ2v) is 12.2. The molecule has 2 heteroatoms. The zero-order valence-electron chi connectivity index (χ0n) is 25.1. The minimum atomic E-state index is 1.17. The van der Waals surface area contributed by atoms with Gasteiger partial charge in [0.25, 0.3) is 0 Å². The first-order chi connectivity index (χ1) is 22.8. The highest BCUT2D eigenvalue weighted by Gasteiger charge is 2.21. The van der Waals surface area contributed by atoms with Crippen LogP contribution in [0.2, 0.25) is 0 Å². The molecule has 2 heterocycles. The van der Waals surface area contributed by atoms with Gasteiger partial charge in [-0.25, -0.2) is 0 Å². The average molecular weight is 585 g/mol. The lowest BCUT2D eigenvalue weighted by Gasteiger charge is -2.15. The summed E-state index contributed by atoms with van der Waals surface area (Å²) in [5, 5.41) is 10.0. The Bertz CT molecular complexity index is 2620. The molecule has 0 saturated heterocycles. The number of fused-ring (bicyclic) bond motifs is 8. The molecule has 2 nitrogen and oxygen atoms in total. The van der Waals surface area contributed by atoms with Gasteiger partial charge in [0.05, 0.1) is 22.1 Å². The van der Waals surface area contributed by atoms with Crippen LogP contribution in [0.4, 0.5) is 0 Å². The van der Waals surface area contributed by atoms with Crippen molar-refractivity contribution in [1.82, 2.24) is 9.13 Å². The van der Waals surface area contributed by atoms with E-state index < -0.39 is 0 Å². The number of aromatic nitrogens is 2. The first kappa shape index (κ1) is 25.2. The van der Waals surface area contributed by atoms with Crippen molar-refractivity contribution in [2.75, 3.05) is 0 Å². The number of rotatable bonds is 3. The van der Waals surface area contributed by atoms with Gasteiger partial charge in [0.2, 0.25) is 0 Å². The van der Waals surface area contributed by atoms with E-state index in [1.807, 2.05) is 0 Å². The van der Waals surface area contributed by atoms with E-state index in [4.69, 9.17) is 0 Å². The predicted octanol–water partition coefficient (Wildman–Crippen LogP) is 11.9. The van der Waals surface area contributed by atoms with E-state index in [9.17, 15) is 0 Å². The van der Waals surface area contributed by atoms with Crippen LogP contribution in [0.25, 0.3) is 87.7 Å². The highest BCUT2D eigenvalue weighted by molar-refractivity contribution is 6.19. The Balaban J connectivity index is 1.35. The Labute approximate surface area is 266 Å². The van der Waals surface area contributed by atoms with Crippen LogP contribution in [0, 0.1) is 0 Å². The van der Waals surface area contributed by atoms with Crippen LogP contribution >= 0.6 is 0 Å². The summed E-state index contributed by atoms with van der Waals surface area (Å²) in [5.74, 6) is 0. The fourth-order valence-corrected chi connectivity index (χ4v) is 7.64. The zero-order valence-corrected chi connectivity index (χ0v) is 25.1. The van der Waals surface area contributed by atoms with Crippen molar-refractivity contribution in [3.63, 3.8) is 0 Å². The van der Waals surface area contributed by atoms with Crippen molar-refractivity contribution in [2.24, 2.45) is 0 Å². The zero-order chi connectivity index (χ0) is 30.2. The Morgan fingerprint density at radius 3 is 1.15 bits per heavy atom. The lowest BCUT2D eigenvalue weighted by atomic mass is 9.99. The van der Waals surface area contributed by atoms with Gasteiger partial charge in [-0.3, -0.25) is 0 Å².